The molecule has 0 saturated carbocycles. The lowest BCUT2D eigenvalue weighted by Gasteiger charge is -2.40. The molecule has 0 bridgehead atoms. The van der Waals surface area contributed by atoms with Crippen molar-refractivity contribution in [2.24, 2.45) is 0 Å². The fourth-order valence-corrected chi connectivity index (χ4v) is 6.46. The molecule has 1 heterocycles. The lowest BCUT2D eigenvalue weighted by molar-refractivity contribution is 0.888. The van der Waals surface area contributed by atoms with Crippen molar-refractivity contribution in [1.82, 2.24) is 0 Å². The Labute approximate surface area is 76.4 Å². The predicted molar refractivity (Wildman–Crippen MR) is 56.9 cm³/mol. The minimum atomic E-state index is -0.841. The Morgan fingerprint density at radius 3 is 2.50 bits per heavy atom. The van der Waals surface area contributed by atoms with E-state index >= 15 is 0 Å². The molecule has 0 spiro atoms. The number of hydrogen-bond donors (Lipinski definition) is 0. The summed E-state index contributed by atoms with van der Waals surface area (Å²) < 4.78 is 0. The minimum Gasteiger partial charge on any atom is -0.0812 e. The normalized spacial score (nSPS) is 26.2. The van der Waals surface area contributed by atoms with E-state index < -0.39 is 8.07 Å². The SMILES string of the molecule is CC[Si]1(C2=CCC(C)=C2)CCC1. The van der Waals surface area contributed by atoms with Crippen molar-refractivity contribution in [3.8, 4) is 0 Å². The van der Waals surface area contributed by atoms with E-state index in [0.29, 0.717) is 0 Å². The van der Waals surface area contributed by atoms with Crippen LogP contribution in [-0.2, 0) is 0 Å². The van der Waals surface area contributed by atoms with Gasteiger partial charge in [-0.2, -0.15) is 0 Å². The van der Waals surface area contributed by atoms with Crippen LogP contribution in [0.1, 0.15) is 26.7 Å². The summed E-state index contributed by atoms with van der Waals surface area (Å²) >= 11 is 0. The average Bonchev–Trinajstić information content (AvgIpc) is 2.35. The Morgan fingerprint density at radius 1 is 1.42 bits per heavy atom. The number of rotatable bonds is 2. The molecule has 66 valence electrons. The molecule has 1 heteroatoms. The Morgan fingerprint density at radius 2 is 2.17 bits per heavy atom. The highest BCUT2D eigenvalue weighted by Gasteiger charge is 2.40. The topological polar surface area (TPSA) is 0 Å². The molecule has 1 fully saturated rings. The fourth-order valence-electron chi connectivity index (χ4n) is 2.47. The first-order chi connectivity index (χ1) is 5.77. The van der Waals surface area contributed by atoms with Gasteiger partial charge in [-0.3, -0.25) is 0 Å². The second-order valence-corrected chi connectivity index (χ2v) is 9.19. The van der Waals surface area contributed by atoms with Crippen LogP contribution in [0.4, 0.5) is 0 Å². The molecule has 1 aliphatic carbocycles. The van der Waals surface area contributed by atoms with Crippen LogP contribution < -0.4 is 0 Å². The average molecular weight is 178 g/mol. The van der Waals surface area contributed by atoms with Gasteiger partial charge in [0.1, 0.15) is 0 Å². The zero-order chi connectivity index (χ0) is 8.60. The number of hydrogen-bond acceptors (Lipinski definition) is 0. The van der Waals surface area contributed by atoms with Gasteiger partial charge in [-0.1, -0.05) is 54.4 Å². The molecule has 0 amide bonds. The van der Waals surface area contributed by atoms with Crippen molar-refractivity contribution < 1.29 is 0 Å². The molecule has 2 rings (SSSR count). The van der Waals surface area contributed by atoms with Gasteiger partial charge in [0, 0.05) is 0 Å². The Bertz CT molecular complexity index is 238. The Balaban J connectivity index is 2.18. The van der Waals surface area contributed by atoms with Crippen LogP contribution in [0.15, 0.2) is 22.9 Å². The van der Waals surface area contributed by atoms with Crippen LogP contribution in [0, 0.1) is 0 Å². The lowest BCUT2D eigenvalue weighted by Crippen LogP contribution is -2.42. The second-order valence-electron chi connectivity index (χ2n) is 4.34. The predicted octanol–water partition coefficient (Wildman–Crippen LogP) is 3.67. The summed E-state index contributed by atoms with van der Waals surface area (Å²) in [5, 5.41) is 1.79. The molecule has 12 heavy (non-hydrogen) atoms. The molecule has 0 aromatic heterocycles. The summed E-state index contributed by atoms with van der Waals surface area (Å²) in [6.07, 6.45) is 7.73. The summed E-state index contributed by atoms with van der Waals surface area (Å²) in [5.41, 5.74) is 1.58. The van der Waals surface area contributed by atoms with Gasteiger partial charge in [0.05, 0.1) is 8.07 Å². The van der Waals surface area contributed by atoms with Gasteiger partial charge in [0.15, 0.2) is 0 Å². The van der Waals surface area contributed by atoms with Gasteiger partial charge < -0.3 is 0 Å². The third-order valence-corrected chi connectivity index (χ3v) is 9.19. The lowest BCUT2D eigenvalue weighted by atomic mass is 10.3. The van der Waals surface area contributed by atoms with Crippen LogP contribution in [0.25, 0.3) is 0 Å². The molecule has 2 aliphatic rings. The molecule has 0 radical (unpaired) electrons. The standard InChI is InChI=1S/C11H18Si/c1-3-12(7-4-8-12)11-6-5-10(2)9-11/h6,9H,3-5,7-8H2,1-2H3. The summed E-state index contributed by atoms with van der Waals surface area (Å²) in [6.45, 7) is 4.66. The summed E-state index contributed by atoms with van der Waals surface area (Å²) in [5.74, 6) is 0. The zero-order valence-electron chi connectivity index (χ0n) is 8.19. The maximum atomic E-state index is 2.50. The van der Waals surface area contributed by atoms with Gasteiger partial charge in [-0.25, -0.2) is 0 Å². The molecule has 0 unspecified atom stereocenters. The molecule has 0 N–H and O–H groups in total. The van der Waals surface area contributed by atoms with Crippen LogP contribution in [0.2, 0.25) is 18.1 Å². The summed E-state index contributed by atoms with van der Waals surface area (Å²) in [7, 11) is -0.841. The van der Waals surface area contributed by atoms with E-state index in [0.717, 1.165) is 0 Å². The first-order valence-electron chi connectivity index (χ1n) is 5.15. The van der Waals surface area contributed by atoms with E-state index in [1.165, 1.54) is 18.9 Å². The van der Waals surface area contributed by atoms with Crippen molar-refractivity contribution in [3.63, 3.8) is 0 Å². The van der Waals surface area contributed by atoms with Crippen LogP contribution in [0.5, 0.6) is 0 Å². The fraction of sp³-hybridized carbons (Fsp3) is 0.636. The molecule has 0 atom stereocenters. The van der Waals surface area contributed by atoms with E-state index in [1.54, 1.807) is 22.9 Å². The highest BCUT2D eigenvalue weighted by atomic mass is 28.3. The quantitative estimate of drug-likeness (QED) is 0.566. The van der Waals surface area contributed by atoms with Crippen molar-refractivity contribution in [2.75, 3.05) is 0 Å². The van der Waals surface area contributed by atoms with Crippen molar-refractivity contribution in [1.29, 1.82) is 0 Å². The Kier molecular flexibility index (Phi) is 1.99. The monoisotopic (exact) mass is 178 g/mol. The van der Waals surface area contributed by atoms with E-state index in [9.17, 15) is 0 Å². The first kappa shape index (κ1) is 8.30. The Hall–Kier alpha value is -0.303. The third-order valence-electron chi connectivity index (χ3n) is 3.65. The van der Waals surface area contributed by atoms with E-state index in [-0.39, 0.29) is 0 Å². The van der Waals surface area contributed by atoms with Gasteiger partial charge in [0.25, 0.3) is 0 Å². The number of allylic oxidation sites excluding steroid dienone is 4. The van der Waals surface area contributed by atoms with E-state index in [4.69, 9.17) is 0 Å². The largest absolute Gasteiger partial charge is 0.0860 e. The summed E-state index contributed by atoms with van der Waals surface area (Å²) in [4.78, 5) is 0. The molecule has 1 saturated heterocycles. The molecule has 1 aliphatic heterocycles. The highest BCUT2D eigenvalue weighted by Crippen LogP contribution is 2.43. The van der Waals surface area contributed by atoms with Crippen LogP contribution in [-0.4, -0.2) is 8.07 Å². The highest BCUT2D eigenvalue weighted by molar-refractivity contribution is 6.89. The molecular formula is C11H18Si. The smallest absolute Gasteiger partial charge is 0.0812 e. The minimum absolute atomic E-state index is 0.841. The molecule has 0 aromatic carbocycles. The third kappa shape index (κ3) is 1.11. The zero-order valence-corrected chi connectivity index (χ0v) is 9.19. The van der Waals surface area contributed by atoms with Crippen LogP contribution >= 0.6 is 0 Å². The molecule has 0 nitrogen and oxygen atoms in total. The van der Waals surface area contributed by atoms with Crippen molar-refractivity contribution >= 4 is 8.07 Å². The first-order valence-corrected chi connectivity index (χ1v) is 7.77. The second kappa shape index (κ2) is 2.88. The van der Waals surface area contributed by atoms with Crippen molar-refractivity contribution in [2.45, 2.75) is 44.8 Å². The van der Waals surface area contributed by atoms with Gasteiger partial charge in [0.2, 0.25) is 0 Å². The maximum Gasteiger partial charge on any atom is 0.0860 e. The summed E-state index contributed by atoms with van der Waals surface area (Å²) in [6, 6.07) is 4.61. The van der Waals surface area contributed by atoms with Gasteiger partial charge in [-0.15, -0.1) is 0 Å². The van der Waals surface area contributed by atoms with Crippen LogP contribution in [0.3, 0.4) is 0 Å². The molecular weight excluding hydrogens is 160 g/mol. The van der Waals surface area contributed by atoms with E-state index in [2.05, 4.69) is 26.0 Å². The van der Waals surface area contributed by atoms with Crippen molar-refractivity contribution in [3.05, 3.63) is 22.9 Å². The molecule has 0 aromatic rings. The van der Waals surface area contributed by atoms with E-state index in [1.807, 2.05) is 0 Å². The van der Waals surface area contributed by atoms with Gasteiger partial charge in [-0.05, 0) is 13.3 Å². The van der Waals surface area contributed by atoms with Gasteiger partial charge >= 0.3 is 0 Å². The maximum absolute atomic E-state index is 2.50.